The molecule has 1 aliphatic heterocycles. The Bertz CT molecular complexity index is 566. The number of nitrogens with zero attached hydrogens (tertiary/aromatic N) is 2. The summed E-state index contributed by atoms with van der Waals surface area (Å²) in [6.45, 7) is 2.04. The molecular weight excluding hydrogens is 284 g/mol. The Kier molecular flexibility index (Phi) is 4.25. The van der Waals surface area contributed by atoms with E-state index in [1.165, 1.54) is 11.3 Å². The molecule has 0 saturated carbocycles. The van der Waals surface area contributed by atoms with Gasteiger partial charge in [-0.25, -0.2) is 13.4 Å². The number of thiazole rings is 1. The Hall–Kier alpha value is -0.950. The molecule has 1 fully saturated rings. The molecule has 0 aromatic carbocycles. The zero-order valence-electron chi connectivity index (χ0n) is 11.1. The molecular formula is C12H18N2O3S2. The molecule has 2 rings (SSSR count). The van der Waals surface area contributed by atoms with Crippen LogP contribution in [-0.4, -0.2) is 44.3 Å². The van der Waals surface area contributed by atoms with Gasteiger partial charge in [0.05, 0.1) is 22.1 Å². The molecule has 1 aromatic rings. The van der Waals surface area contributed by atoms with Crippen molar-refractivity contribution in [3.63, 3.8) is 0 Å². The number of sulfone groups is 1. The maximum Gasteiger partial charge on any atom is 0.186 e. The van der Waals surface area contributed by atoms with Gasteiger partial charge < -0.3 is 4.90 Å². The Balaban J connectivity index is 2.19. The maximum atomic E-state index is 11.5. The van der Waals surface area contributed by atoms with Crippen LogP contribution < -0.4 is 4.90 Å². The highest BCUT2D eigenvalue weighted by molar-refractivity contribution is 7.91. The minimum Gasteiger partial charge on any atom is -0.347 e. The van der Waals surface area contributed by atoms with E-state index in [2.05, 4.69) is 4.98 Å². The lowest BCUT2D eigenvalue weighted by molar-refractivity contribution is 0.112. The molecule has 5 nitrogen and oxygen atoms in total. The summed E-state index contributed by atoms with van der Waals surface area (Å²) >= 11 is 1.35. The molecule has 2 heterocycles. The molecule has 106 valence electrons. The molecule has 1 unspecified atom stereocenters. The lowest BCUT2D eigenvalue weighted by Crippen LogP contribution is -2.32. The number of aryl methyl sites for hydroxylation is 1. The lowest BCUT2D eigenvalue weighted by atomic mass is 10.2. The number of aldehydes is 1. The molecule has 1 saturated heterocycles. The normalized spacial score (nSPS) is 21.5. The first-order valence-corrected chi connectivity index (χ1v) is 8.98. The maximum absolute atomic E-state index is 11.5. The van der Waals surface area contributed by atoms with Gasteiger partial charge in [-0.1, -0.05) is 24.7 Å². The third kappa shape index (κ3) is 3.14. The van der Waals surface area contributed by atoms with Crippen LogP contribution in [0.25, 0.3) is 0 Å². The van der Waals surface area contributed by atoms with E-state index < -0.39 is 9.84 Å². The smallest absolute Gasteiger partial charge is 0.186 e. The van der Waals surface area contributed by atoms with Crippen LogP contribution in [0.1, 0.15) is 35.1 Å². The van der Waals surface area contributed by atoms with Crippen molar-refractivity contribution in [3.8, 4) is 0 Å². The zero-order valence-corrected chi connectivity index (χ0v) is 12.8. The van der Waals surface area contributed by atoms with Crippen molar-refractivity contribution in [2.75, 3.05) is 23.5 Å². The average Bonchev–Trinajstić information content (AvgIpc) is 2.92. The fourth-order valence-corrected chi connectivity index (χ4v) is 4.98. The van der Waals surface area contributed by atoms with E-state index in [0.29, 0.717) is 11.3 Å². The van der Waals surface area contributed by atoms with Gasteiger partial charge in [0.15, 0.2) is 21.3 Å². The largest absolute Gasteiger partial charge is 0.347 e. The predicted octanol–water partition coefficient (Wildman–Crippen LogP) is 1.53. The molecule has 0 N–H and O–H groups in total. The van der Waals surface area contributed by atoms with Crippen molar-refractivity contribution >= 4 is 32.6 Å². The van der Waals surface area contributed by atoms with Crippen molar-refractivity contribution < 1.29 is 13.2 Å². The SMILES string of the molecule is CCCc1nc(N(C)C2CCS(=O)(=O)C2)sc1C=O. The summed E-state index contributed by atoms with van der Waals surface area (Å²) in [5.41, 5.74) is 0.824. The molecule has 0 bridgehead atoms. The fourth-order valence-electron chi connectivity index (χ4n) is 2.25. The van der Waals surface area contributed by atoms with Crippen LogP contribution in [0.5, 0.6) is 0 Å². The monoisotopic (exact) mass is 302 g/mol. The molecule has 0 amide bonds. The summed E-state index contributed by atoms with van der Waals surface area (Å²) in [6, 6.07) is -0.0230. The third-order valence-corrected chi connectivity index (χ3v) is 6.23. The lowest BCUT2D eigenvalue weighted by Gasteiger charge is -2.22. The zero-order chi connectivity index (χ0) is 14.0. The summed E-state index contributed by atoms with van der Waals surface area (Å²) in [5.74, 6) is 0.429. The predicted molar refractivity (Wildman–Crippen MR) is 77.0 cm³/mol. The van der Waals surface area contributed by atoms with Crippen molar-refractivity contribution in [2.24, 2.45) is 0 Å². The van der Waals surface area contributed by atoms with Crippen molar-refractivity contribution in [2.45, 2.75) is 32.2 Å². The molecule has 0 radical (unpaired) electrons. The second-order valence-electron chi connectivity index (χ2n) is 4.84. The van der Waals surface area contributed by atoms with E-state index in [0.717, 1.165) is 30.0 Å². The van der Waals surface area contributed by atoms with Gasteiger partial charge in [0, 0.05) is 13.1 Å². The van der Waals surface area contributed by atoms with Gasteiger partial charge in [-0.2, -0.15) is 0 Å². The van der Waals surface area contributed by atoms with Crippen LogP contribution in [0.3, 0.4) is 0 Å². The van der Waals surface area contributed by atoms with Crippen molar-refractivity contribution in [1.82, 2.24) is 4.98 Å². The quantitative estimate of drug-likeness (QED) is 0.772. The number of rotatable bonds is 5. The first-order chi connectivity index (χ1) is 8.96. The minimum absolute atomic E-state index is 0.0230. The molecule has 1 aliphatic rings. The van der Waals surface area contributed by atoms with Crippen molar-refractivity contribution in [3.05, 3.63) is 10.6 Å². The van der Waals surface area contributed by atoms with E-state index in [1.807, 2.05) is 18.9 Å². The highest BCUT2D eigenvalue weighted by atomic mass is 32.2. The molecule has 19 heavy (non-hydrogen) atoms. The molecule has 0 spiro atoms. The summed E-state index contributed by atoms with van der Waals surface area (Å²) in [4.78, 5) is 18.1. The van der Waals surface area contributed by atoms with E-state index in [4.69, 9.17) is 0 Å². The topological polar surface area (TPSA) is 67.3 Å². The molecule has 0 aliphatic carbocycles. The second-order valence-corrected chi connectivity index (χ2v) is 8.08. The highest BCUT2D eigenvalue weighted by Crippen LogP contribution is 2.29. The van der Waals surface area contributed by atoms with Crippen LogP contribution in [-0.2, 0) is 16.3 Å². The first kappa shape index (κ1) is 14.5. The van der Waals surface area contributed by atoms with Crippen LogP contribution in [0.2, 0.25) is 0 Å². The van der Waals surface area contributed by atoms with E-state index in [-0.39, 0.29) is 17.5 Å². The Morgan fingerprint density at radius 1 is 1.53 bits per heavy atom. The van der Waals surface area contributed by atoms with Gasteiger partial charge in [-0.05, 0) is 12.8 Å². The van der Waals surface area contributed by atoms with Gasteiger partial charge in [-0.15, -0.1) is 0 Å². The average molecular weight is 302 g/mol. The number of hydrogen-bond donors (Lipinski definition) is 0. The Morgan fingerprint density at radius 3 is 2.79 bits per heavy atom. The van der Waals surface area contributed by atoms with Crippen molar-refractivity contribution in [1.29, 1.82) is 0 Å². The summed E-state index contributed by atoms with van der Waals surface area (Å²) < 4.78 is 23.0. The number of hydrogen-bond acceptors (Lipinski definition) is 6. The standard InChI is InChI=1S/C12H18N2O3S2/c1-3-4-10-11(7-15)18-12(13-10)14(2)9-5-6-19(16,17)8-9/h7,9H,3-6,8H2,1-2H3. The minimum atomic E-state index is -2.90. The van der Waals surface area contributed by atoms with Crippen LogP contribution in [0.4, 0.5) is 5.13 Å². The van der Waals surface area contributed by atoms with Crippen LogP contribution in [0, 0.1) is 0 Å². The second kappa shape index (κ2) is 5.58. The number of anilines is 1. The van der Waals surface area contributed by atoms with Crippen LogP contribution in [0.15, 0.2) is 0 Å². The Morgan fingerprint density at radius 2 is 2.26 bits per heavy atom. The van der Waals surface area contributed by atoms with Gasteiger partial charge in [0.2, 0.25) is 0 Å². The third-order valence-electron chi connectivity index (χ3n) is 3.37. The molecule has 1 atom stereocenters. The van der Waals surface area contributed by atoms with Gasteiger partial charge in [-0.3, -0.25) is 4.79 Å². The fraction of sp³-hybridized carbons (Fsp3) is 0.667. The summed E-state index contributed by atoms with van der Waals surface area (Å²) in [6.07, 6.45) is 3.19. The first-order valence-electron chi connectivity index (χ1n) is 6.35. The highest BCUT2D eigenvalue weighted by Gasteiger charge is 2.32. The molecule has 7 heteroatoms. The summed E-state index contributed by atoms with van der Waals surface area (Å²) in [7, 11) is -1.05. The Labute approximate surface area is 117 Å². The van der Waals surface area contributed by atoms with E-state index >= 15 is 0 Å². The number of aromatic nitrogens is 1. The molecule has 1 aromatic heterocycles. The number of carbonyl (C=O) groups is 1. The van der Waals surface area contributed by atoms with Gasteiger partial charge in [0.1, 0.15) is 0 Å². The summed E-state index contributed by atoms with van der Waals surface area (Å²) in [5, 5.41) is 0.743. The number of carbonyl (C=O) groups excluding carboxylic acids is 1. The van der Waals surface area contributed by atoms with E-state index in [1.54, 1.807) is 0 Å². The van der Waals surface area contributed by atoms with Gasteiger partial charge in [0.25, 0.3) is 0 Å². The van der Waals surface area contributed by atoms with E-state index in [9.17, 15) is 13.2 Å². The van der Waals surface area contributed by atoms with Crippen LogP contribution >= 0.6 is 11.3 Å². The van der Waals surface area contributed by atoms with Gasteiger partial charge >= 0.3 is 0 Å².